The standard InChI is InChI=1S/C20H16INO6/c1-3-26-20(24)27-16-9-4-12(11-17(16)25-2)10-15-19(23)28-18(22-15)13-5-7-14(21)8-6-13/h4-11H,3H2,1-2H3. The molecule has 0 N–H and O–H groups in total. The number of esters is 1. The van der Waals surface area contributed by atoms with Crippen molar-refractivity contribution in [1.82, 2.24) is 0 Å². The fourth-order valence-corrected chi connectivity index (χ4v) is 2.74. The summed E-state index contributed by atoms with van der Waals surface area (Å²) in [5.41, 5.74) is 1.51. The van der Waals surface area contributed by atoms with Crippen molar-refractivity contribution in [3.63, 3.8) is 0 Å². The summed E-state index contributed by atoms with van der Waals surface area (Å²) < 4.78 is 21.4. The number of nitrogens with zero attached hydrogens (tertiary/aromatic N) is 1. The summed E-state index contributed by atoms with van der Waals surface area (Å²) in [6.45, 7) is 1.88. The number of aliphatic imine (C=N–C) groups is 1. The van der Waals surface area contributed by atoms with Crippen molar-refractivity contribution in [2.75, 3.05) is 13.7 Å². The lowest BCUT2D eigenvalue weighted by Crippen LogP contribution is -2.10. The third-order valence-electron chi connectivity index (χ3n) is 3.66. The number of carbonyl (C=O) groups excluding carboxylic acids is 2. The molecule has 2 aromatic carbocycles. The zero-order valence-corrected chi connectivity index (χ0v) is 17.3. The van der Waals surface area contributed by atoms with Gasteiger partial charge in [0.15, 0.2) is 17.2 Å². The lowest BCUT2D eigenvalue weighted by molar-refractivity contribution is -0.129. The highest BCUT2D eigenvalue weighted by Gasteiger charge is 2.24. The topological polar surface area (TPSA) is 83.4 Å². The Balaban J connectivity index is 1.85. The van der Waals surface area contributed by atoms with E-state index in [1.165, 1.54) is 7.11 Å². The first-order valence-corrected chi connectivity index (χ1v) is 9.39. The maximum absolute atomic E-state index is 12.1. The number of benzene rings is 2. The second-order valence-corrected chi connectivity index (χ2v) is 6.78. The molecule has 0 fully saturated rings. The number of carbonyl (C=O) groups is 2. The molecule has 0 amide bonds. The normalized spacial score (nSPS) is 14.5. The van der Waals surface area contributed by atoms with Crippen molar-refractivity contribution in [3.8, 4) is 11.5 Å². The zero-order chi connectivity index (χ0) is 20.1. The minimum absolute atomic E-state index is 0.162. The monoisotopic (exact) mass is 493 g/mol. The van der Waals surface area contributed by atoms with Gasteiger partial charge in [0.1, 0.15) is 0 Å². The molecule has 7 nitrogen and oxygen atoms in total. The lowest BCUT2D eigenvalue weighted by Gasteiger charge is -2.09. The third-order valence-corrected chi connectivity index (χ3v) is 4.38. The van der Waals surface area contributed by atoms with Crippen LogP contribution in [0.1, 0.15) is 18.1 Å². The van der Waals surface area contributed by atoms with Crippen LogP contribution in [-0.4, -0.2) is 31.7 Å². The van der Waals surface area contributed by atoms with Crippen LogP contribution in [-0.2, 0) is 14.3 Å². The Kier molecular flexibility index (Phi) is 6.30. The SMILES string of the molecule is CCOC(=O)Oc1ccc(C=C2N=C(c3ccc(I)cc3)OC2=O)cc1OC. The van der Waals surface area contributed by atoms with E-state index in [2.05, 4.69) is 27.6 Å². The van der Waals surface area contributed by atoms with E-state index in [9.17, 15) is 9.59 Å². The highest BCUT2D eigenvalue weighted by Crippen LogP contribution is 2.30. The minimum atomic E-state index is -0.821. The van der Waals surface area contributed by atoms with Crippen LogP contribution in [0.15, 0.2) is 53.2 Å². The van der Waals surface area contributed by atoms with E-state index < -0.39 is 12.1 Å². The van der Waals surface area contributed by atoms with Gasteiger partial charge in [-0.25, -0.2) is 14.6 Å². The van der Waals surface area contributed by atoms with Gasteiger partial charge in [-0.05, 0) is 77.6 Å². The summed E-state index contributed by atoms with van der Waals surface area (Å²) in [6.07, 6.45) is 0.747. The predicted octanol–water partition coefficient (Wildman–Crippen LogP) is 4.18. The molecule has 8 heteroatoms. The number of hydrogen-bond acceptors (Lipinski definition) is 7. The Bertz CT molecular complexity index is 965. The Labute approximate surface area is 175 Å². The fraction of sp³-hybridized carbons (Fsp3) is 0.150. The van der Waals surface area contributed by atoms with E-state index in [-0.39, 0.29) is 24.0 Å². The number of rotatable bonds is 5. The molecule has 0 bridgehead atoms. The molecule has 0 unspecified atom stereocenters. The largest absolute Gasteiger partial charge is 0.513 e. The summed E-state index contributed by atoms with van der Waals surface area (Å²) in [6, 6.07) is 12.3. The lowest BCUT2D eigenvalue weighted by atomic mass is 10.1. The molecule has 0 spiro atoms. The molecule has 0 radical (unpaired) electrons. The Hall–Kier alpha value is -2.88. The van der Waals surface area contributed by atoms with Gasteiger partial charge in [-0.15, -0.1) is 0 Å². The highest BCUT2D eigenvalue weighted by atomic mass is 127. The quantitative estimate of drug-likeness (QED) is 0.269. The number of hydrogen-bond donors (Lipinski definition) is 0. The molecule has 0 aliphatic carbocycles. The maximum atomic E-state index is 12.1. The van der Waals surface area contributed by atoms with Crippen LogP contribution in [0.3, 0.4) is 0 Å². The van der Waals surface area contributed by atoms with Crippen molar-refractivity contribution < 1.29 is 28.5 Å². The summed E-state index contributed by atoms with van der Waals surface area (Å²) >= 11 is 2.19. The highest BCUT2D eigenvalue weighted by molar-refractivity contribution is 14.1. The van der Waals surface area contributed by atoms with Crippen LogP contribution in [0, 0.1) is 3.57 Å². The average Bonchev–Trinajstić information content (AvgIpc) is 3.04. The molecule has 0 saturated carbocycles. The molecule has 144 valence electrons. The minimum Gasteiger partial charge on any atom is -0.493 e. The summed E-state index contributed by atoms with van der Waals surface area (Å²) in [7, 11) is 1.45. The maximum Gasteiger partial charge on any atom is 0.513 e. The van der Waals surface area contributed by atoms with Crippen molar-refractivity contribution in [2.24, 2.45) is 4.99 Å². The van der Waals surface area contributed by atoms with E-state index in [0.717, 1.165) is 3.57 Å². The molecule has 1 aliphatic heterocycles. The fourth-order valence-electron chi connectivity index (χ4n) is 2.38. The molecule has 2 aromatic rings. The molecule has 1 heterocycles. The summed E-state index contributed by atoms with van der Waals surface area (Å²) in [5, 5.41) is 0. The van der Waals surface area contributed by atoms with E-state index in [1.807, 2.05) is 24.3 Å². The van der Waals surface area contributed by atoms with Crippen molar-refractivity contribution in [3.05, 3.63) is 62.9 Å². The Morgan fingerprint density at radius 3 is 2.61 bits per heavy atom. The van der Waals surface area contributed by atoms with Crippen LogP contribution in [0.5, 0.6) is 11.5 Å². The van der Waals surface area contributed by atoms with E-state index in [0.29, 0.717) is 16.9 Å². The van der Waals surface area contributed by atoms with Crippen LogP contribution in [0.25, 0.3) is 6.08 Å². The molecular weight excluding hydrogens is 477 g/mol. The van der Waals surface area contributed by atoms with Gasteiger partial charge >= 0.3 is 12.1 Å². The molecule has 3 rings (SSSR count). The number of methoxy groups -OCH3 is 1. The summed E-state index contributed by atoms with van der Waals surface area (Å²) in [4.78, 5) is 27.9. The Morgan fingerprint density at radius 2 is 1.93 bits per heavy atom. The van der Waals surface area contributed by atoms with Crippen LogP contribution < -0.4 is 9.47 Å². The van der Waals surface area contributed by atoms with Crippen molar-refractivity contribution in [2.45, 2.75) is 6.92 Å². The number of cyclic esters (lactones) is 1. The second kappa shape index (κ2) is 8.87. The first kappa shape index (κ1) is 19.9. The van der Waals surface area contributed by atoms with E-state index in [4.69, 9.17) is 18.9 Å². The smallest absolute Gasteiger partial charge is 0.493 e. The molecule has 0 saturated heterocycles. The number of ether oxygens (including phenoxy) is 4. The average molecular weight is 493 g/mol. The summed E-state index contributed by atoms with van der Waals surface area (Å²) in [5.74, 6) is 0.233. The zero-order valence-electron chi connectivity index (χ0n) is 15.1. The molecule has 1 aliphatic rings. The van der Waals surface area contributed by atoms with Gasteiger partial charge in [-0.1, -0.05) is 6.07 Å². The van der Waals surface area contributed by atoms with Crippen LogP contribution in [0.4, 0.5) is 4.79 Å². The van der Waals surface area contributed by atoms with E-state index in [1.54, 1.807) is 31.2 Å². The third kappa shape index (κ3) is 4.69. The molecular formula is C20H16INO6. The van der Waals surface area contributed by atoms with Gasteiger partial charge in [-0.2, -0.15) is 0 Å². The molecule has 0 aromatic heterocycles. The van der Waals surface area contributed by atoms with Gasteiger partial charge in [0.2, 0.25) is 5.90 Å². The Morgan fingerprint density at radius 1 is 1.18 bits per heavy atom. The van der Waals surface area contributed by atoms with Gasteiger partial charge in [0.05, 0.1) is 13.7 Å². The molecule has 28 heavy (non-hydrogen) atoms. The van der Waals surface area contributed by atoms with Gasteiger partial charge < -0.3 is 18.9 Å². The van der Waals surface area contributed by atoms with Gasteiger partial charge in [0.25, 0.3) is 0 Å². The van der Waals surface area contributed by atoms with Crippen molar-refractivity contribution >= 4 is 46.7 Å². The van der Waals surface area contributed by atoms with Gasteiger partial charge in [-0.3, -0.25) is 0 Å². The van der Waals surface area contributed by atoms with Crippen molar-refractivity contribution in [1.29, 1.82) is 0 Å². The number of halogens is 1. The van der Waals surface area contributed by atoms with E-state index >= 15 is 0 Å². The van der Waals surface area contributed by atoms with Gasteiger partial charge in [0, 0.05) is 9.13 Å². The second-order valence-electron chi connectivity index (χ2n) is 5.54. The first-order chi connectivity index (χ1) is 13.5. The predicted molar refractivity (Wildman–Crippen MR) is 110 cm³/mol. The first-order valence-electron chi connectivity index (χ1n) is 8.31. The van der Waals surface area contributed by atoms with Crippen LogP contribution in [0.2, 0.25) is 0 Å². The molecule has 0 atom stereocenters. The van der Waals surface area contributed by atoms with Crippen LogP contribution >= 0.6 is 22.6 Å².